The van der Waals surface area contributed by atoms with Gasteiger partial charge >= 0.3 is 0 Å². The van der Waals surface area contributed by atoms with Gasteiger partial charge in [-0.25, -0.2) is 0 Å². The average Bonchev–Trinajstić information content (AvgIpc) is 2.37. The van der Waals surface area contributed by atoms with E-state index >= 15 is 0 Å². The van der Waals surface area contributed by atoms with Gasteiger partial charge in [-0.15, -0.1) is 0 Å². The highest BCUT2D eigenvalue weighted by atomic mass is 15.2. The number of nitrogens with zero attached hydrogens (tertiary/aromatic N) is 1. The second-order valence-corrected chi connectivity index (χ2v) is 5.10. The predicted octanol–water partition coefficient (Wildman–Crippen LogP) is 2.87. The molecule has 1 aromatic carbocycles. The minimum atomic E-state index is 0.528. The van der Waals surface area contributed by atoms with E-state index in [0.717, 1.165) is 13.0 Å². The highest BCUT2D eigenvalue weighted by molar-refractivity contribution is 5.25. The van der Waals surface area contributed by atoms with E-state index < -0.39 is 0 Å². The first-order valence-corrected chi connectivity index (χ1v) is 6.82. The molecule has 1 fully saturated rings. The topological polar surface area (TPSA) is 29.3 Å². The summed E-state index contributed by atoms with van der Waals surface area (Å²) < 4.78 is 0. The molecule has 2 rings (SSSR count). The molecule has 1 aliphatic heterocycles. The van der Waals surface area contributed by atoms with Crippen molar-refractivity contribution in [3.63, 3.8) is 0 Å². The number of benzene rings is 1. The van der Waals surface area contributed by atoms with Gasteiger partial charge in [0.25, 0.3) is 0 Å². The molecule has 0 saturated carbocycles. The second-order valence-electron chi connectivity index (χ2n) is 5.10. The molecule has 94 valence electrons. The minimum absolute atomic E-state index is 0.528. The zero-order valence-electron chi connectivity index (χ0n) is 10.9. The summed E-state index contributed by atoms with van der Waals surface area (Å²) in [6, 6.07) is 9.42. The molecule has 1 aromatic rings. The first-order chi connectivity index (χ1) is 8.31. The third kappa shape index (κ3) is 3.30. The summed E-state index contributed by atoms with van der Waals surface area (Å²) >= 11 is 0. The van der Waals surface area contributed by atoms with Crippen molar-refractivity contribution in [2.45, 2.75) is 38.6 Å². The Kier molecular flexibility index (Phi) is 4.57. The lowest BCUT2D eigenvalue weighted by molar-refractivity contribution is 0.157. The highest BCUT2D eigenvalue weighted by Crippen LogP contribution is 2.27. The summed E-state index contributed by atoms with van der Waals surface area (Å²) in [7, 11) is 0. The zero-order valence-corrected chi connectivity index (χ0v) is 10.9. The zero-order chi connectivity index (χ0) is 12.1. The molecule has 1 heterocycles. The van der Waals surface area contributed by atoms with E-state index in [1.807, 2.05) is 0 Å². The Hall–Kier alpha value is -0.860. The highest BCUT2D eigenvalue weighted by Gasteiger charge is 2.21. The van der Waals surface area contributed by atoms with Crippen LogP contribution in [0, 0.1) is 6.92 Å². The van der Waals surface area contributed by atoms with Crippen LogP contribution >= 0.6 is 0 Å². The molecule has 0 bridgehead atoms. The SMILES string of the molecule is Cc1cccc(C(CCN)N2CCCCC2)c1. The molecular weight excluding hydrogens is 208 g/mol. The number of rotatable bonds is 4. The average molecular weight is 232 g/mol. The van der Waals surface area contributed by atoms with Crippen LogP contribution < -0.4 is 5.73 Å². The fourth-order valence-electron chi connectivity index (χ4n) is 2.83. The maximum absolute atomic E-state index is 5.78. The smallest absolute Gasteiger partial charge is 0.0360 e. The quantitative estimate of drug-likeness (QED) is 0.865. The van der Waals surface area contributed by atoms with Crippen LogP contribution in [0.4, 0.5) is 0 Å². The van der Waals surface area contributed by atoms with Gasteiger partial charge in [-0.2, -0.15) is 0 Å². The third-order valence-electron chi connectivity index (χ3n) is 3.70. The van der Waals surface area contributed by atoms with Crippen LogP contribution in [0.3, 0.4) is 0 Å². The Morgan fingerprint density at radius 2 is 2.00 bits per heavy atom. The molecular formula is C15H24N2. The first-order valence-electron chi connectivity index (χ1n) is 6.82. The molecule has 1 unspecified atom stereocenters. The molecule has 2 N–H and O–H groups in total. The van der Waals surface area contributed by atoms with E-state index in [4.69, 9.17) is 5.73 Å². The molecule has 2 heteroatoms. The summed E-state index contributed by atoms with van der Waals surface area (Å²) in [5.74, 6) is 0. The number of likely N-dealkylation sites (tertiary alicyclic amines) is 1. The van der Waals surface area contributed by atoms with E-state index in [1.165, 1.54) is 43.5 Å². The van der Waals surface area contributed by atoms with Gasteiger partial charge in [0.15, 0.2) is 0 Å². The van der Waals surface area contributed by atoms with E-state index in [2.05, 4.69) is 36.1 Å². The van der Waals surface area contributed by atoms with Crippen LogP contribution in [-0.2, 0) is 0 Å². The van der Waals surface area contributed by atoms with Gasteiger partial charge in [-0.1, -0.05) is 36.2 Å². The van der Waals surface area contributed by atoms with Crippen molar-refractivity contribution in [2.24, 2.45) is 5.73 Å². The number of aryl methyl sites for hydroxylation is 1. The molecule has 1 saturated heterocycles. The van der Waals surface area contributed by atoms with Crippen molar-refractivity contribution in [3.8, 4) is 0 Å². The van der Waals surface area contributed by atoms with Crippen LogP contribution in [0.15, 0.2) is 24.3 Å². The van der Waals surface area contributed by atoms with E-state index in [-0.39, 0.29) is 0 Å². The van der Waals surface area contributed by atoms with E-state index in [1.54, 1.807) is 0 Å². The molecule has 0 spiro atoms. The van der Waals surface area contributed by atoms with Crippen molar-refractivity contribution in [3.05, 3.63) is 35.4 Å². The maximum Gasteiger partial charge on any atom is 0.0360 e. The van der Waals surface area contributed by atoms with Crippen molar-refractivity contribution >= 4 is 0 Å². The molecule has 17 heavy (non-hydrogen) atoms. The van der Waals surface area contributed by atoms with Crippen molar-refractivity contribution in [1.29, 1.82) is 0 Å². The van der Waals surface area contributed by atoms with Crippen molar-refractivity contribution < 1.29 is 0 Å². The molecule has 1 aliphatic rings. The largest absolute Gasteiger partial charge is 0.330 e. The number of hydrogen-bond donors (Lipinski definition) is 1. The third-order valence-corrected chi connectivity index (χ3v) is 3.70. The Morgan fingerprint density at radius 3 is 2.65 bits per heavy atom. The second kappa shape index (κ2) is 6.18. The summed E-state index contributed by atoms with van der Waals surface area (Å²) in [6.07, 6.45) is 5.14. The van der Waals surface area contributed by atoms with Gasteiger partial charge in [0.2, 0.25) is 0 Å². The fourth-order valence-corrected chi connectivity index (χ4v) is 2.83. The van der Waals surface area contributed by atoms with Crippen molar-refractivity contribution in [2.75, 3.05) is 19.6 Å². The molecule has 2 nitrogen and oxygen atoms in total. The predicted molar refractivity (Wildman–Crippen MR) is 73.0 cm³/mol. The molecule has 0 radical (unpaired) electrons. The molecule has 1 atom stereocenters. The van der Waals surface area contributed by atoms with Gasteiger partial charge in [0.05, 0.1) is 0 Å². The van der Waals surface area contributed by atoms with Crippen LogP contribution in [-0.4, -0.2) is 24.5 Å². The normalized spacial score (nSPS) is 19.2. The van der Waals surface area contributed by atoms with Gasteiger partial charge in [-0.3, -0.25) is 4.90 Å². The Balaban J connectivity index is 2.15. The van der Waals surface area contributed by atoms with Crippen molar-refractivity contribution in [1.82, 2.24) is 4.90 Å². The van der Waals surface area contributed by atoms with E-state index in [0.29, 0.717) is 6.04 Å². The van der Waals surface area contributed by atoms with E-state index in [9.17, 15) is 0 Å². The van der Waals surface area contributed by atoms with Gasteiger partial charge in [-0.05, 0) is 51.4 Å². The van der Waals surface area contributed by atoms with Crippen LogP contribution in [0.2, 0.25) is 0 Å². The lowest BCUT2D eigenvalue weighted by Crippen LogP contribution is -2.34. The first kappa shape index (κ1) is 12.6. The monoisotopic (exact) mass is 232 g/mol. The summed E-state index contributed by atoms with van der Waals surface area (Å²) in [4.78, 5) is 2.62. The lowest BCUT2D eigenvalue weighted by Gasteiger charge is -2.35. The van der Waals surface area contributed by atoms with Crippen LogP contribution in [0.5, 0.6) is 0 Å². The number of nitrogens with two attached hydrogens (primary N) is 1. The maximum atomic E-state index is 5.78. The lowest BCUT2D eigenvalue weighted by atomic mass is 9.98. The molecule has 0 amide bonds. The van der Waals surface area contributed by atoms with Gasteiger partial charge < -0.3 is 5.73 Å². The molecule has 0 aromatic heterocycles. The van der Waals surface area contributed by atoms with Crippen LogP contribution in [0.25, 0.3) is 0 Å². The Morgan fingerprint density at radius 1 is 1.24 bits per heavy atom. The Bertz CT molecular complexity index is 343. The minimum Gasteiger partial charge on any atom is -0.330 e. The summed E-state index contributed by atoms with van der Waals surface area (Å²) in [5, 5.41) is 0. The fraction of sp³-hybridized carbons (Fsp3) is 0.600. The number of piperidine rings is 1. The van der Waals surface area contributed by atoms with Gasteiger partial charge in [0, 0.05) is 6.04 Å². The van der Waals surface area contributed by atoms with Crippen LogP contribution in [0.1, 0.15) is 42.9 Å². The summed E-state index contributed by atoms with van der Waals surface area (Å²) in [5.41, 5.74) is 8.58. The summed E-state index contributed by atoms with van der Waals surface area (Å²) in [6.45, 7) is 5.41. The molecule has 0 aliphatic carbocycles. The standard InChI is InChI=1S/C15H24N2/c1-13-6-5-7-14(12-13)15(8-9-16)17-10-3-2-4-11-17/h5-7,12,15H,2-4,8-11,16H2,1H3. The van der Waals surface area contributed by atoms with Gasteiger partial charge in [0.1, 0.15) is 0 Å². The number of hydrogen-bond acceptors (Lipinski definition) is 2. The Labute approximate surface area is 105 Å².